The zero-order valence-electron chi connectivity index (χ0n) is 10.6. The Balaban J connectivity index is 2.76. The highest BCUT2D eigenvalue weighted by Gasteiger charge is 2.42. The molecule has 1 rings (SSSR count). The van der Waals surface area contributed by atoms with E-state index in [9.17, 15) is 19.8 Å². The Morgan fingerprint density at radius 3 is 2.44 bits per heavy atom. The van der Waals surface area contributed by atoms with E-state index in [4.69, 9.17) is 4.74 Å². The van der Waals surface area contributed by atoms with Crippen molar-refractivity contribution in [2.45, 2.75) is 63.9 Å². The fourth-order valence-corrected chi connectivity index (χ4v) is 1.75. The van der Waals surface area contributed by atoms with Crippen molar-refractivity contribution in [2.75, 3.05) is 0 Å². The molecule has 104 valence electrons. The van der Waals surface area contributed by atoms with Gasteiger partial charge in [0.1, 0.15) is 0 Å². The van der Waals surface area contributed by atoms with Gasteiger partial charge >= 0.3 is 17.9 Å². The molecule has 1 fully saturated rings. The van der Waals surface area contributed by atoms with Crippen molar-refractivity contribution in [1.82, 2.24) is 0 Å². The van der Waals surface area contributed by atoms with E-state index in [-0.39, 0.29) is 19.3 Å². The number of carbonyl (C=O) groups excluding carboxylic acids is 2. The van der Waals surface area contributed by atoms with Gasteiger partial charge in [0.2, 0.25) is 0 Å². The van der Waals surface area contributed by atoms with Crippen molar-refractivity contribution in [3.8, 4) is 0 Å². The summed E-state index contributed by atoms with van der Waals surface area (Å²) in [6.45, 7) is 1.92. The molecule has 2 N–H and O–H groups in total. The Morgan fingerprint density at radius 2 is 1.83 bits per heavy atom. The lowest BCUT2D eigenvalue weighted by atomic mass is 10.1. The van der Waals surface area contributed by atoms with Crippen LogP contribution < -0.4 is 0 Å². The zero-order chi connectivity index (χ0) is 13.6. The molecule has 0 aromatic heterocycles. The van der Waals surface area contributed by atoms with Gasteiger partial charge in [-0.2, -0.15) is 0 Å². The Morgan fingerprint density at radius 1 is 1.22 bits per heavy atom. The zero-order valence-corrected chi connectivity index (χ0v) is 10.6. The number of cyclic esters (lactones) is 2. The Hall–Kier alpha value is -1.14. The number of unbranched alkanes of at least 4 members (excludes halogenated alkanes) is 1. The smallest absolute Gasteiger partial charge is 0.363 e. The maximum Gasteiger partial charge on any atom is 0.363 e. The Kier molecular flexibility index (Phi) is 5.55. The van der Waals surface area contributed by atoms with Gasteiger partial charge < -0.3 is 19.7 Å². The summed E-state index contributed by atoms with van der Waals surface area (Å²) in [5.41, 5.74) is 0. The molecule has 0 aromatic carbocycles. The van der Waals surface area contributed by atoms with E-state index >= 15 is 0 Å². The van der Waals surface area contributed by atoms with Crippen LogP contribution in [0.4, 0.5) is 0 Å². The van der Waals surface area contributed by atoms with Crippen molar-refractivity contribution in [3.63, 3.8) is 0 Å². The van der Waals surface area contributed by atoms with Gasteiger partial charge in [-0.15, -0.1) is 0 Å². The fraction of sp³-hybridized carbons (Fsp3) is 0.833. The summed E-state index contributed by atoms with van der Waals surface area (Å²) in [7, 11) is 0. The van der Waals surface area contributed by atoms with Crippen molar-refractivity contribution in [1.29, 1.82) is 0 Å². The summed E-state index contributed by atoms with van der Waals surface area (Å²) in [6.07, 6.45) is 1.68. The minimum atomic E-state index is -2.74. The lowest BCUT2D eigenvalue weighted by molar-refractivity contribution is -0.360. The van der Waals surface area contributed by atoms with E-state index in [1.165, 1.54) is 0 Å². The van der Waals surface area contributed by atoms with Gasteiger partial charge in [0.25, 0.3) is 0 Å². The standard InChI is InChI=1S/C12H20O6/c1-2-3-6-9-12(15,16)18-11(14)8-5-4-7-10(13)17-9/h9,15-16H,2-8H2,1H3. The number of hydrogen-bond donors (Lipinski definition) is 2. The fourth-order valence-electron chi connectivity index (χ4n) is 1.75. The second-order valence-corrected chi connectivity index (χ2v) is 4.46. The van der Waals surface area contributed by atoms with Crippen LogP contribution in [-0.2, 0) is 19.1 Å². The topological polar surface area (TPSA) is 93.1 Å². The second-order valence-electron chi connectivity index (χ2n) is 4.46. The molecule has 1 saturated heterocycles. The SMILES string of the molecule is CCCCC1OC(=O)CCCCC(=O)OC1(O)O. The summed E-state index contributed by atoms with van der Waals surface area (Å²) in [6, 6.07) is 0. The Labute approximate surface area is 106 Å². The quantitative estimate of drug-likeness (QED) is 0.577. The average Bonchev–Trinajstić information content (AvgIpc) is 2.28. The van der Waals surface area contributed by atoms with Gasteiger partial charge in [0, 0.05) is 12.8 Å². The van der Waals surface area contributed by atoms with Crippen molar-refractivity contribution in [3.05, 3.63) is 0 Å². The molecule has 18 heavy (non-hydrogen) atoms. The maximum atomic E-state index is 11.5. The number of esters is 2. The molecule has 0 saturated carbocycles. The van der Waals surface area contributed by atoms with Crippen molar-refractivity contribution in [2.24, 2.45) is 0 Å². The number of ether oxygens (including phenoxy) is 2. The van der Waals surface area contributed by atoms with Crippen LogP contribution in [0.2, 0.25) is 0 Å². The predicted molar refractivity (Wildman–Crippen MR) is 61.1 cm³/mol. The third kappa shape index (κ3) is 4.62. The summed E-state index contributed by atoms with van der Waals surface area (Å²) in [4.78, 5) is 22.8. The highest BCUT2D eigenvalue weighted by Crippen LogP contribution is 2.22. The molecular formula is C12H20O6. The third-order valence-corrected chi connectivity index (χ3v) is 2.79. The summed E-state index contributed by atoms with van der Waals surface area (Å²) in [5, 5.41) is 19.4. The lowest BCUT2D eigenvalue weighted by Gasteiger charge is -2.30. The van der Waals surface area contributed by atoms with Gasteiger partial charge in [-0.05, 0) is 25.7 Å². The molecule has 0 amide bonds. The molecule has 0 radical (unpaired) electrons. The molecule has 0 spiro atoms. The van der Waals surface area contributed by atoms with Crippen LogP contribution in [-0.4, -0.2) is 34.2 Å². The minimum absolute atomic E-state index is 0.0661. The first-order chi connectivity index (χ1) is 8.45. The molecule has 1 atom stereocenters. The molecule has 6 nitrogen and oxygen atoms in total. The van der Waals surface area contributed by atoms with Crippen LogP contribution in [0.25, 0.3) is 0 Å². The first-order valence-corrected chi connectivity index (χ1v) is 6.31. The van der Waals surface area contributed by atoms with Crippen LogP contribution in [0.15, 0.2) is 0 Å². The highest BCUT2D eigenvalue weighted by molar-refractivity contribution is 5.71. The molecule has 0 aromatic rings. The van der Waals surface area contributed by atoms with E-state index in [0.717, 1.165) is 6.42 Å². The Bertz CT molecular complexity index is 299. The minimum Gasteiger partial charge on any atom is -0.452 e. The van der Waals surface area contributed by atoms with Gasteiger partial charge in [-0.25, -0.2) is 0 Å². The van der Waals surface area contributed by atoms with Crippen LogP contribution in [0.3, 0.4) is 0 Å². The average molecular weight is 260 g/mol. The summed E-state index contributed by atoms with van der Waals surface area (Å²) in [5.74, 6) is -3.93. The lowest BCUT2D eigenvalue weighted by Crippen LogP contribution is -2.49. The van der Waals surface area contributed by atoms with Crippen LogP contribution in [0.1, 0.15) is 51.9 Å². The molecule has 6 heteroatoms. The molecule has 0 bridgehead atoms. The van der Waals surface area contributed by atoms with E-state index in [0.29, 0.717) is 19.3 Å². The largest absolute Gasteiger partial charge is 0.452 e. The molecule has 0 aliphatic carbocycles. The normalized spacial score (nSPS) is 25.2. The van der Waals surface area contributed by atoms with Gasteiger partial charge in [0.15, 0.2) is 6.10 Å². The summed E-state index contributed by atoms with van der Waals surface area (Å²) < 4.78 is 9.54. The predicted octanol–water partition coefficient (Wildman–Crippen LogP) is 0.844. The number of hydrogen-bond acceptors (Lipinski definition) is 6. The first kappa shape index (κ1) is 14.9. The maximum absolute atomic E-state index is 11.5. The van der Waals surface area contributed by atoms with Crippen molar-refractivity contribution >= 4 is 11.9 Å². The molecule has 1 aliphatic rings. The first-order valence-electron chi connectivity index (χ1n) is 6.31. The molecular weight excluding hydrogens is 240 g/mol. The molecule has 1 aliphatic heterocycles. The monoisotopic (exact) mass is 260 g/mol. The van der Waals surface area contributed by atoms with Crippen LogP contribution in [0.5, 0.6) is 0 Å². The van der Waals surface area contributed by atoms with E-state index < -0.39 is 24.0 Å². The summed E-state index contributed by atoms with van der Waals surface area (Å²) >= 11 is 0. The highest BCUT2D eigenvalue weighted by atomic mass is 16.8. The molecule has 1 unspecified atom stereocenters. The van der Waals surface area contributed by atoms with E-state index in [2.05, 4.69) is 4.74 Å². The number of aliphatic hydroxyl groups is 2. The van der Waals surface area contributed by atoms with Gasteiger partial charge in [-0.3, -0.25) is 9.59 Å². The van der Waals surface area contributed by atoms with Crippen LogP contribution in [0, 0.1) is 0 Å². The van der Waals surface area contributed by atoms with Crippen molar-refractivity contribution < 1.29 is 29.3 Å². The van der Waals surface area contributed by atoms with Gasteiger partial charge in [-0.1, -0.05) is 13.3 Å². The third-order valence-electron chi connectivity index (χ3n) is 2.79. The van der Waals surface area contributed by atoms with Crippen LogP contribution >= 0.6 is 0 Å². The number of carbonyl (C=O) groups is 2. The number of rotatable bonds is 3. The van der Waals surface area contributed by atoms with Gasteiger partial charge in [0.05, 0.1) is 0 Å². The van der Waals surface area contributed by atoms with E-state index in [1.54, 1.807) is 0 Å². The van der Waals surface area contributed by atoms with E-state index in [1.807, 2.05) is 6.92 Å². The second kappa shape index (κ2) is 6.70. The molecule has 1 heterocycles.